The summed E-state index contributed by atoms with van der Waals surface area (Å²) in [4.78, 5) is 3.89. The average Bonchev–Trinajstić information content (AvgIpc) is 2.09. The van der Waals surface area contributed by atoms with Crippen LogP contribution in [-0.4, -0.2) is 23.7 Å². The molecule has 4 nitrogen and oxygen atoms in total. The molecule has 0 heterocycles. The maximum Gasteiger partial charge on any atom is 0.185 e. The molecule has 5 N–H and O–H groups in total. The fraction of sp³-hybridized carbons (Fsp3) is 0.900. The van der Waals surface area contributed by atoms with Crippen molar-refractivity contribution in [1.29, 1.82) is 0 Å². The first-order valence-corrected chi connectivity index (χ1v) is 5.27. The van der Waals surface area contributed by atoms with Gasteiger partial charge in [0.25, 0.3) is 0 Å². The zero-order valence-corrected chi connectivity index (χ0v) is 9.24. The summed E-state index contributed by atoms with van der Waals surface area (Å²) >= 11 is 0. The molecule has 0 fully saturated rings. The van der Waals surface area contributed by atoms with E-state index in [1.807, 2.05) is 13.8 Å². The van der Waals surface area contributed by atoms with E-state index in [0.29, 0.717) is 12.5 Å². The average molecular weight is 201 g/mol. The first kappa shape index (κ1) is 13.2. The van der Waals surface area contributed by atoms with Crippen LogP contribution in [-0.2, 0) is 0 Å². The van der Waals surface area contributed by atoms with Gasteiger partial charge in [0, 0.05) is 6.54 Å². The highest BCUT2D eigenvalue weighted by Crippen LogP contribution is 2.10. The van der Waals surface area contributed by atoms with Gasteiger partial charge in [-0.15, -0.1) is 0 Å². The van der Waals surface area contributed by atoms with Gasteiger partial charge in [0.2, 0.25) is 0 Å². The summed E-state index contributed by atoms with van der Waals surface area (Å²) in [5.41, 5.74) is 10.4. The lowest BCUT2D eigenvalue weighted by Crippen LogP contribution is -2.22. The Morgan fingerprint density at radius 2 is 1.86 bits per heavy atom. The predicted octanol–water partition coefficient (Wildman–Crippen LogP) is 0.837. The first-order chi connectivity index (χ1) is 6.54. The molecule has 4 heteroatoms. The van der Waals surface area contributed by atoms with Gasteiger partial charge in [-0.25, -0.2) is 0 Å². The zero-order valence-electron chi connectivity index (χ0n) is 9.24. The largest absolute Gasteiger partial charge is 0.393 e. The minimum atomic E-state index is -0.168. The summed E-state index contributed by atoms with van der Waals surface area (Å²) in [5.74, 6) is 0.514. The fourth-order valence-electron chi connectivity index (χ4n) is 1.18. The number of aliphatic hydroxyl groups is 1. The van der Waals surface area contributed by atoms with Gasteiger partial charge in [-0.3, -0.25) is 4.99 Å². The summed E-state index contributed by atoms with van der Waals surface area (Å²) in [5, 5.41) is 9.50. The SMILES string of the molecule is CC(C)C(O)CCCCCN=C(N)N. The fourth-order valence-corrected chi connectivity index (χ4v) is 1.18. The minimum Gasteiger partial charge on any atom is -0.393 e. The second-order valence-corrected chi connectivity index (χ2v) is 3.97. The predicted molar refractivity (Wildman–Crippen MR) is 60.0 cm³/mol. The van der Waals surface area contributed by atoms with Crippen molar-refractivity contribution in [1.82, 2.24) is 0 Å². The van der Waals surface area contributed by atoms with E-state index < -0.39 is 0 Å². The number of guanidine groups is 1. The molecule has 0 rings (SSSR count). The van der Waals surface area contributed by atoms with E-state index in [9.17, 15) is 5.11 Å². The third kappa shape index (κ3) is 7.86. The Hall–Kier alpha value is -0.770. The molecule has 0 aliphatic rings. The summed E-state index contributed by atoms with van der Waals surface area (Å²) < 4.78 is 0. The lowest BCUT2D eigenvalue weighted by atomic mass is 10.0. The number of hydrogen-bond acceptors (Lipinski definition) is 2. The second-order valence-electron chi connectivity index (χ2n) is 3.97. The van der Waals surface area contributed by atoms with Gasteiger partial charge in [-0.2, -0.15) is 0 Å². The van der Waals surface area contributed by atoms with Crippen LogP contribution < -0.4 is 11.5 Å². The molecule has 0 radical (unpaired) electrons. The van der Waals surface area contributed by atoms with Crippen LogP contribution in [0, 0.1) is 5.92 Å². The van der Waals surface area contributed by atoms with E-state index >= 15 is 0 Å². The number of nitrogens with zero attached hydrogens (tertiary/aromatic N) is 1. The molecule has 0 aromatic rings. The maximum absolute atomic E-state index is 9.50. The molecule has 14 heavy (non-hydrogen) atoms. The highest BCUT2D eigenvalue weighted by Gasteiger charge is 2.07. The van der Waals surface area contributed by atoms with E-state index in [2.05, 4.69) is 4.99 Å². The Labute approximate surface area is 86.4 Å². The van der Waals surface area contributed by atoms with Crippen LogP contribution in [0.15, 0.2) is 4.99 Å². The van der Waals surface area contributed by atoms with Crippen molar-refractivity contribution in [3.63, 3.8) is 0 Å². The van der Waals surface area contributed by atoms with Gasteiger partial charge in [-0.05, 0) is 18.8 Å². The number of unbranched alkanes of at least 4 members (excludes halogenated alkanes) is 2. The van der Waals surface area contributed by atoms with Crippen molar-refractivity contribution >= 4 is 5.96 Å². The van der Waals surface area contributed by atoms with Gasteiger partial charge in [0.15, 0.2) is 5.96 Å². The lowest BCUT2D eigenvalue weighted by molar-refractivity contribution is 0.113. The van der Waals surface area contributed by atoms with E-state index in [4.69, 9.17) is 11.5 Å². The van der Waals surface area contributed by atoms with Crippen molar-refractivity contribution in [2.75, 3.05) is 6.54 Å². The van der Waals surface area contributed by atoms with Crippen LogP contribution in [0.2, 0.25) is 0 Å². The molecule has 1 atom stereocenters. The second kappa shape index (κ2) is 7.62. The van der Waals surface area contributed by atoms with Crippen molar-refractivity contribution < 1.29 is 5.11 Å². The molecule has 0 aromatic heterocycles. The molecule has 0 aromatic carbocycles. The van der Waals surface area contributed by atoms with Crippen LogP contribution >= 0.6 is 0 Å². The van der Waals surface area contributed by atoms with E-state index in [0.717, 1.165) is 25.7 Å². The smallest absolute Gasteiger partial charge is 0.185 e. The maximum atomic E-state index is 9.50. The molecule has 0 aliphatic heterocycles. The quantitative estimate of drug-likeness (QED) is 0.324. The summed E-state index contributed by atoms with van der Waals surface area (Å²) in [6.07, 6.45) is 3.81. The molecule has 0 bridgehead atoms. The normalized spacial score (nSPS) is 12.9. The first-order valence-electron chi connectivity index (χ1n) is 5.27. The van der Waals surface area contributed by atoms with Crippen molar-refractivity contribution in [3.05, 3.63) is 0 Å². The molecular formula is C10H23N3O. The molecule has 0 spiro atoms. The molecule has 0 saturated carbocycles. The van der Waals surface area contributed by atoms with Crippen molar-refractivity contribution in [2.24, 2.45) is 22.4 Å². The molecular weight excluding hydrogens is 178 g/mol. The third-order valence-electron chi connectivity index (χ3n) is 2.22. The summed E-state index contributed by atoms with van der Waals surface area (Å²) in [6, 6.07) is 0. The van der Waals surface area contributed by atoms with Gasteiger partial charge in [0.1, 0.15) is 0 Å². The number of nitrogens with two attached hydrogens (primary N) is 2. The van der Waals surface area contributed by atoms with Crippen LogP contribution in [0.1, 0.15) is 39.5 Å². The van der Waals surface area contributed by atoms with Crippen molar-refractivity contribution in [3.8, 4) is 0 Å². The van der Waals surface area contributed by atoms with Crippen molar-refractivity contribution in [2.45, 2.75) is 45.6 Å². The van der Waals surface area contributed by atoms with Crippen LogP contribution in [0.25, 0.3) is 0 Å². The topological polar surface area (TPSA) is 84.6 Å². The van der Waals surface area contributed by atoms with Crippen LogP contribution in [0.5, 0.6) is 0 Å². The zero-order chi connectivity index (χ0) is 11.0. The van der Waals surface area contributed by atoms with Crippen LogP contribution in [0.4, 0.5) is 0 Å². The molecule has 1 unspecified atom stereocenters. The molecule has 0 saturated heterocycles. The number of aliphatic imine (C=N–C) groups is 1. The highest BCUT2D eigenvalue weighted by molar-refractivity contribution is 5.75. The Kier molecular flexibility index (Phi) is 7.20. The number of rotatable bonds is 7. The van der Waals surface area contributed by atoms with E-state index in [1.165, 1.54) is 0 Å². The Balaban J connectivity index is 3.26. The number of aliphatic hydroxyl groups excluding tert-OH is 1. The highest BCUT2D eigenvalue weighted by atomic mass is 16.3. The Bertz CT molecular complexity index is 165. The lowest BCUT2D eigenvalue weighted by Gasteiger charge is -2.13. The standard InChI is InChI=1S/C10H23N3O/c1-8(2)9(14)6-4-3-5-7-13-10(11)12/h8-9,14H,3-7H2,1-2H3,(H4,11,12,13). The third-order valence-corrected chi connectivity index (χ3v) is 2.22. The molecule has 84 valence electrons. The number of hydrogen-bond donors (Lipinski definition) is 3. The van der Waals surface area contributed by atoms with Gasteiger partial charge < -0.3 is 16.6 Å². The summed E-state index contributed by atoms with van der Waals surface area (Å²) in [7, 11) is 0. The van der Waals surface area contributed by atoms with E-state index in [-0.39, 0.29) is 12.1 Å². The van der Waals surface area contributed by atoms with Gasteiger partial charge in [0.05, 0.1) is 6.10 Å². The molecule has 0 amide bonds. The monoisotopic (exact) mass is 201 g/mol. The summed E-state index contributed by atoms with van der Waals surface area (Å²) in [6.45, 7) is 4.76. The minimum absolute atomic E-state index is 0.159. The van der Waals surface area contributed by atoms with Gasteiger partial charge >= 0.3 is 0 Å². The van der Waals surface area contributed by atoms with Gasteiger partial charge in [-0.1, -0.05) is 26.7 Å². The van der Waals surface area contributed by atoms with E-state index in [1.54, 1.807) is 0 Å². The van der Waals surface area contributed by atoms with Crippen LogP contribution in [0.3, 0.4) is 0 Å². The Morgan fingerprint density at radius 1 is 1.21 bits per heavy atom. The Morgan fingerprint density at radius 3 is 2.36 bits per heavy atom. The molecule has 0 aliphatic carbocycles.